The molecule has 1 amide bonds. The highest BCUT2D eigenvalue weighted by atomic mass is 35.5. The number of hydrogen-bond acceptors (Lipinski definition) is 3. The van der Waals surface area contributed by atoms with Crippen LogP contribution in [0.3, 0.4) is 0 Å². The first-order chi connectivity index (χ1) is 11.9. The van der Waals surface area contributed by atoms with Crippen molar-refractivity contribution in [3.05, 3.63) is 46.2 Å². The molecule has 0 fully saturated rings. The standard InChI is InChI=1S/C17H18ClF2N3O2/c1-9(2)7-23-14(16(19)20)11(6-21-23)17(24)22-13-8-25-15-10(13)4-3-5-12(15)18/h3-6,9,13,16H,7-8H2,1-2H3,(H,22,24)/t13-/m1/s1. The van der Waals surface area contributed by atoms with Gasteiger partial charge in [-0.25, -0.2) is 8.78 Å². The van der Waals surface area contributed by atoms with E-state index in [1.807, 2.05) is 13.8 Å². The number of nitrogens with one attached hydrogen (secondary N) is 1. The minimum Gasteiger partial charge on any atom is -0.489 e. The van der Waals surface area contributed by atoms with Crippen molar-refractivity contribution in [2.75, 3.05) is 6.61 Å². The fourth-order valence-corrected chi connectivity index (χ4v) is 3.09. The van der Waals surface area contributed by atoms with Crippen LogP contribution in [0.2, 0.25) is 5.02 Å². The van der Waals surface area contributed by atoms with Crippen LogP contribution in [-0.4, -0.2) is 22.3 Å². The van der Waals surface area contributed by atoms with Gasteiger partial charge in [-0.3, -0.25) is 9.48 Å². The molecule has 0 unspecified atom stereocenters. The van der Waals surface area contributed by atoms with Crippen LogP contribution in [0, 0.1) is 5.92 Å². The van der Waals surface area contributed by atoms with Gasteiger partial charge in [-0.2, -0.15) is 5.10 Å². The smallest absolute Gasteiger partial charge is 0.280 e. The molecule has 1 aromatic carbocycles. The summed E-state index contributed by atoms with van der Waals surface area (Å²) in [7, 11) is 0. The van der Waals surface area contributed by atoms with Gasteiger partial charge in [0.15, 0.2) is 0 Å². The number of alkyl halides is 2. The number of para-hydroxylation sites is 1. The van der Waals surface area contributed by atoms with Gasteiger partial charge < -0.3 is 10.1 Å². The van der Waals surface area contributed by atoms with Crippen molar-refractivity contribution >= 4 is 17.5 Å². The zero-order valence-corrected chi connectivity index (χ0v) is 14.6. The zero-order valence-electron chi connectivity index (χ0n) is 13.8. The Morgan fingerprint density at radius 1 is 1.48 bits per heavy atom. The van der Waals surface area contributed by atoms with Gasteiger partial charge in [0.2, 0.25) is 0 Å². The Bertz CT molecular complexity index is 792. The SMILES string of the molecule is CC(C)Cn1ncc(C(=O)N[C@@H]2COc3c(Cl)cccc32)c1C(F)F. The third-order valence-corrected chi connectivity index (χ3v) is 4.24. The van der Waals surface area contributed by atoms with E-state index in [4.69, 9.17) is 16.3 Å². The van der Waals surface area contributed by atoms with Crippen LogP contribution >= 0.6 is 11.6 Å². The van der Waals surface area contributed by atoms with Gasteiger partial charge in [0.25, 0.3) is 12.3 Å². The van der Waals surface area contributed by atoms with Crippen LogP contribution in [-0.2, 0) is 6.54 Å². The normalized spacial score (nSPS) is 16.2. The van der Waals surface area contributed by atoms with E-state index in [2.05, 4.69) is 10.4 Å². The average molecular weight is 370 g/mol. The first-order valence-electron chi connectivity index (χ1n) is 7.94. The number of carbonyl (C=O) groups excluding carboxylic acids is 1. The summed E-state index contributed by atoms with van der Waals surface area (Å²) in [5.41, 5.74) is 0.247. The molecule has 0 saturated heterocycles. The second-order valence-corrected chi connectivity index (χ2v) is 6.72. The third kappa shape index (κ3) is 3.46. The molecule has 3 rings (SSSR count). The molecule has 1 N–H and O–H groups in total. The number of hydrogen-bond donors (Lipinski definition) is 1. The summed E-state index contributed by atoms with van der Waals surface area (Å²) < 4.78 is 33.6. The van der Waals surface area contributed by atoms with E-state index < -0.39 is 18.4 Å². The van der Waals surface area contributed by atoms with Gasteiger partial charge in [0.1, 0.15) is 18.1 Å². The molecule has 1 aromatic heterocycles. The lowest BCUT2D eigenvalue weighted by atomic mass is 10.1. The fraction of sp³-hybridized carbons (Fsp3) is 0.412. The second-order valence-electron chi connectivity index (χ2n) is 6.32. The number of fused-ring (bicyclic) bond motifs is 1. The van der Waals surface area contributed by atoms with Crippen molar-refractivity contribution in [3.8, 4) is 5.75 Å². The van der Waals surface area contributed by atoms with Gasteiger partial charge in [-0.1, -0.05) is 37.6 Å². The van der Waals surface area contributed by atoms with Crippen LogP contribution < -0.4 is 10.1 Å². The Kier molecular flexibility index (Phi) is 4.94. The number of rotatable bonds is 5. The maximum Gasteiger partial charge on any atom is 0.280 e. The number of ether oxygens (including phenoxy) is 1. The maximum absolute atomic E-state index is 13.5. The maximum atomic E-state index is 13.5. The molecule has 1 aliphatic rings. The Morgan fingerprint density at radius 2 is 2.24 bits per heavy atom. The fourth-order valence-electron chi connectivity index (χ4n) is 2.86. The molecule has 2 heterocycles. The summed E-state index contributed by atoms with van der Waals surface area (Å²) in [6, 6.07) is 4.78. The van der Waals surface area contributed by atoms with Crippen molar-refractivity contribution in [2.24, 2.45) is 5.92 Å². The van der Waals surface area contributed by atoms with E-state index >= 15 is 0 Å². The van der Waals surface area contributed by atoms with Crippen molar-refractivity contribution in [1.29, 1.82) is 0 Å². The molecule has 1 atom stereocenters. The Labute approximate surface area is 148 Å². The summed E-state index contributed by atoms with van der Waals surface area (Å²) in [6.07, 6.45) is -1.60. The molecule has 8 heteroatoms. The molecule has 0 saturated carbocycles. The molecule has 2 aromatic rings. The number of nitrogens with zero attached hydrogens (tertiary/aromatic N) is 2. The molecular formula is C17H18ClF2N3O2. The van der Waals surface area contributed by atoms with Gasteiger partial charge >= 0.3 is 0 Å². The van der Waals surface area contributed by atoms with E-state index in [1.165, 1.54) is 10.9 Å². The molecule has 5 nitrogen and oxygen atoms in total. The predicted octanol–water partition coefficient (Wildman–Crippen LogP) is 3.99. The molecule has 0 aliphatic carbocycles. The van der Waals surface area contributed by atoms with E-state index in [1.54, 1.807) is 18.2 Å². The Balaban J connectivity index is 1.84. The number of carbonyl (C=O) groups is 1. The number of benzene rings is 1. The van der Waals surface area contributed by atoms with Crippen LogP contribution in [0.15, 0.2) is 24.4 Å². The monoisotopic (exact) mass is 369 g/mol. The molecule has 0 radical (unpaired) electrons. The highest BCUT2D eigenvalue weighted by Crippen LogP contribution is 2.38. The largest absolute Gasteiger partial charge is 0.489 e. The predicted molar refractivity (Wildman–Crippen MR) is 89.2 cm³/mol. The second kappa shape index (κ2) is 7.00. The topological polar surface area (TPSA) is 56.2 Å². The minimum absolute atomic E-state index is 0.119. The van der Waals surface area contributed by atoms with Crippen LogP contribution in [0.1, 0.15) is 47.9 Å². The highest BCUT2D eigenvalue weighted by Gasteiger charge is 2.30. The van der Waals surface area contributed by atoms with Crippen LogP contribution in [0.25, 0.3) is 0 Å². The van der Waals surface area contributed by atoms with E-state index in [0.29, 0.717) is 17.3 Å². The first-order valence-corrected chi connectivity index (χ1v) is 8.32. The molecule has 1 aliphatic heterocycles. The van der Waals surface area contributed by atoms with E-state index in [9.17, 15) is 13.6 Å². The van der Waals surface area contributed by atoms with Gasteiger partial charge in [-0.15, -0.1) is 0 Å². The summed E-state index contributed by atoms with van der Waals surface area (Å²) in [5.74, 6) is 0.0383. The van der Waals surface area contributed by atoms with E-state index in [0.717, 1.165) is 5.56 Å². The summed E-state index contributed by atoms with van der Waals surface area (Å²) in [6.45, 7) is 4.31. The molecule has 134 valence electrons. The van der Waals surface area contributed by atoms with Gasteiger partial charge in [-0.05, 0) is 12.0 Å². The number of aromatic nitrogens is 2. The zero-order chi connectivity index (χ0) is 18.1. The molecular weight excluding hydrogens is 352 g/mol. The number of halogens is 3. The number of amides is 1. The molecule has 25 heavy (non-hydrogen) atoms. The summed E-state index contributed by atoms with van der Waals surface area (Å²) in [5, 5.41) is 7.14. The van der Waals surface area contributed by atoms with Crippen molar-refractivity contribution in [2.45, 2.75) is 32.9 Å². The summed E-state index contributed by atoms with van der Waals surface area (Å²) >= 11 is 6.06. The first kappa shape index (κ1) is 17.7. The summed E-state index contributed by atoms with van der Waals surface area (Å²) in [4.78, 5) is 12.5. The van der Waals surface area contributed by atoms with Crippen molar-refractivity contribution in [3.63, 3.8) is 0 Å². The lowest BCUT2D eigenvalue weighted by molar-refractivity contribution is 0.0912. The average Bonchev–Trinajstić information content (AvgIpc) is 3.12. The van der Waals surface area contributed by atoms with Crippen molar-refractivity contribution in [1.82, 2.24) is 15.1 Å². The lowest BCUT2D eigenvalue weighted by Crippen LogP contribution is -2.30. The molecule has 0 bridgehead atoms. The third-order valence-electron chi connectivity index (χ3n) is 3.94. The van der Waals surface area contributed by atoms with Crippen LogP contribution in [0.5, 0.6) is 5.75 Å². The minimum atomic E-state index is -2.79. The highest BCUT2D eigenvalue weighted by molar-refractivity contribution is 6.32. The van der Waals surface area contributed by atoms with Crippen molar-refractivity contribution < 1.29 is 18.3 Å². The van der Waals surface area contributed by atoms with Crippen LogP contribution in [0.4, 0.5) is 8.78 Å². The van der Waals surface area contributed by atoms with E-state index in [-0.39, 0.29) is 23.8 Å². The lowest BCUT2D eigenvalue weighted by Gasteiger charge is -2.13. The van der Waals surface area contributed by atoms with Gasteiger partial charge in [0, 0.05) is 12.1 Å². The Hall–Kier alpha value is -2.15. The van der Waals surface area contributed by atoms with Gasteiger partial charge in [0.05, 0.1) is 22.8 Å². The Morgan fingerprint density at radius 3 is 2.92 bits per heavy atom. The molecule has 0 spiro atoms. The quantitative estimate of drug-likeness (QED) is 0.866.